The molecule has 0 saturated carbocycles. The van der Waals surface area contributed by atoms with E-state index in [2.05, 4.69) is 31.3 Å². The predicted molar refractivity (Wildman–Crippen MR) is 78.8 cm³/mol. The molecule has 19 heavy (non-hydrogen) atoms. The highest BCUT2D eigenvalue weighted by Crippen LogP contribution is 2.28. The Hall–Kier alpha value is -1.83. The lowest BCUT2D eigenvalue weighted by Crippen LogP contribution is -2.17. The molecule has 0 aliphatic heterocycles. The summed E-state index contributed by atoms with van der Waals surface area (Å²) in [4.78, 5) is 0. The first-order valence-corrected chi connectivity index (χ1v) is 6.65. The zero-order chi connectivity index (χ0) is 13.8. The highest BCUT2D eigenvalue weighted by Gasteiger charge is 2.16. The van der Waals surface area contributed by atoms with E-state index in [1.165, 1.54) is 5.56 Å². The molecule has 1 unspecified atom stereocenters. The summed E-state index contributed by atoms with van der Waals surface area (Å²) >= 11 is 0. The molecule has 0 aliphatic rings. The molecule has 1 atom stereocenters. The SMILES string of the molecule is Cc1ccc(NC(c2ccccc2)C(C)C)c(F)c1. The summed E-state index contributed by atoms with van der Waals surface area (Å²) in [5.74, 6) is 0.185. The van der Waals surface area contributed by atoms with Crippen LogP contribution in [0.25, 0.3) is 0 Å². The van der Waals surface area contributed by atoms with Crippen LogP contribution in [0.1, 0.15) is 31.0 Å². The molecule has 2 heteroatoms. The van der Waals surface area contributed by atoms with Crippen molar-refractivity contribution in [1.29, 1.82) is 0 Å². The fraction of sp³-hybridized carbons (Fsp3) is 0.294. The molecule has 2 aromatic carbocycles. The van der Waals surface area contributed by atoms with Gasteiger partial charge in [0, 0.05) is 0 Å². The Morgan fingerprint density at radius 2 is 1.68 bits per heavy atom. The number of halogens is 1. The van der Waals surface area contributed by atoms with Crippen molar-refractivity contribution in [3.05, 3.63) is 65.5 Å². The molecule has 0 saturated heterocycles. The van der Waals surface area contributed by atoms with Crippen molar-refractivity contribution < 1.29 is 4.39 Å². The van der Waals surface area contributed by atoms with Gasteiger partial charge in [-0.1, -0.05) is 50.2 Å². The van der Waals surface area contributed by atoms with Crippen LogP contribution in [0.4, 0.5) is 10.1 Å². The molecule has 0 heterocycles. The number of nitrogens with one attached hydrogen (secondary N) is 1. The van der Waals surface area contributed by atoms with Crippen LogP contribution < -0.4 is 5.32 Å². The normalized spacial score (nSPS) is 12.5. The van der Waals surface area contributed by atoms with E-state index in [1.54, 1.807) is 6.07 Å². The van der Waals surface area contributed by atoms with Crippen LogP contribution >= 0.6 is 0 Å². The van der Waals surface area contributed by atoms with E-state index in [4.69, 9.17) is 0 Å². The topological polar surface area (TPSA) is 12.0 Å². The second-order valence-electron chi connectivity index (χ2n) is 5.26. The van der Waals surface area contributed by atoms with E-state index in [-0.39, 0.29) is 11.9 Å². The van der Waals surface area contributed by atoms with Gasteiger partial charge in [-0.2, -0.15) is 0 Å². The number of benzene rings is 2. The molecule has 0 bridgehead atoms. The largest absolute Gasteiger partial charge is 0.376 e. The lowest BCUT2D eigenvalue weighted by Gasteiger charge is -2.24. The lowest BCUT2D eigenvalue weighted by molar-refractivity contribution is 0.539. The van der Waals surface area contributed by atoms with Crippen molar-refractivity contribution in [3.8, 4) is 0 Å². The second kappa shape index (κ2) is 5.87. The van der Waals surface area contributed by atoms with E-state index in [1.807, 2.05) is 37.3 Å². The first-order chi connectivity index (χ1) is 9.08. The van der Waals surface area contributed by atoms with Gasteiger partial charge in [-0.25, -0.2) is 4.39 Å². The van der Waals surface area contributed by atoms with Gasteiger partial charge in [0.1, 0.15) is 5.82 Å². The average molecular weight is 257 g/mol. The van der Waals surface area contributed by atoms with Crippen LogP contribution in [0, 0.1) is 18.7 Å². The molecule has 0 aromatic heterocycles. The highest BCUT2D eigenvalue weighted by molar-refractivity contribution is 5.48. The number of rotatable bonds is 4. The molecule has 2 aromatic rings. The minimum atomic E-state index is -0.193. The van der Waals surface area contributed by atoms with Gasteiger partial charge in [0.2, 0.25) is 0 Å². The van der Waals surface area contributed by atoms with Crippen molar-refractivity contribution in [1.82, 2.24) is 0 Å². The molecule has 1 N–H and O–H groups in total. The smallest absolute Gasteiger partial charge is 0.146 e. The summed E-state index contributed by atoms with van der Waals surface area (Å²) in [5.41, 5.74) is 2.68. The minimum Gasteiger partial charge on any atom is -0.376 e. The summed E-state index contributed by atoms with van der Waals surface area (Å²) in [7, 11) is 0. The summed E-state index contributed by atoms with van der Waals surface area (Å²) in [6.07, 6.45) is 0. The molecule has 0 fully saturated rings. The van der Waals surface area contributed by atoms with E-state index in [0.29, 0.717) is 11.6 Å². The molecule has 1 nitrogen and oxygen atoms in total. The Morgan fingerprint density at radius 1 is 1.00 bits per heavy atom. The molecule has 100 valence electrons. The van der Waals surface area contributed by atoms with Crippen LogP contribution in [-0.4, -0.2) is 0 Å². The van der Waals surface area contributed by atoms with Gasteiger partial charge in [-0.05, 0) is 36.1 Å². The molecule has 0 aliphatic carbocycles. The van der Waals surface area contributed by atoms with Crippen molar-refractivity contribution in [2.75, 3.05) is 5.32 Å². The highest BCUT2D eigenvalue weighted by atomic mass is 19.1. The van der Waals surface area contributed by atoms with Gasteiger partial charge >= 0.3 is 0 Å². The van der Waals surface area contributed by atoms with Crippen molar-refractivity contribution in [3.63, 3.8) is 0 Å². The first kappa shape index (κ1) is 13.6. The fourth-order valence-electron chi connectivity index (χ4n) is 2.20. The Morgan fingerprint density at radius 3 is 2.26 bits per heavy atom. The van der Waals surface area contributed by atoms with E-state index >= 15 is 0 Å². The predicted octanol–water partition coefficient (Wildman–Crippen LogP) is 4.94. The molecule has 0 radical (unpaired) electrons. The maximum atomic E-state index is 13.9. The summed E-state index contributed by atoms with van der Waals surface area (Å²) in [6.45, 7) is 6.16. The number of hydrogen-bond donors (Lipinski definition) is 1. The maximum Gasteiger partial charge on any atom is 0.146 e. The monoisotopic (exact) mass is 257 g/mol. The number of anilines is 1. The van der Waals surface area contributed by atoms with Crippen molar-refractivity contribution in [2.45, 2.75) is 26.8 Å². The molecular formula is C17H20FN. The third kappa shape index (κ3) is 3.34. The van der Waals surface area contributed by atoms with Gasteiger partial charge in [0.15, 0.2) is 0 Å². The van der Waals surface area contributed by atoms with E-state index in [0.717, 1.165) is 5.56 Å². The summed E-state index contributed by atoms with van der Waals surface area (Å²) in [5, 5.41) is 3.32. The van der Waals surface area contributed by atoms with Gasteiger partial charge in [-0.15, -0.1) is 0 Å². The quantitative estimate of drug-likeness (QED) is 0.817. The Balaban J connectivity index is 2.27. The van der Waals surface area contributed by atoms with Crippen LogP contribution in [-0.2, 0) is 0 Å². The van der Waals surface area contributed by atoms with E-state index < -0.39 is 0 Å². The lowest BCUT2D eigenvalue weighted by atomic mass is 9.95. The number of hydrogen-bond acceptors (Lipinski definition) is 1. The Kier molecular flexibility index (Phi) is 4.20. The summed E-state index contributed by atoms with van der Waals surface area (Å²) in [6, 6.07) is 15.6. The van der Waals surface area contributed by atoms with Crippen molar-refractivity contribution in [2.24, 2.45) is 5.92 Å². The Labute approximate surface area is 114 Å². The molecular weight excluding hydrogens is 237 g/mol. The minimum absolute atomic E-state index is 0.110. The van der Waals surface area contributed by atoms with Gasteiger partial charge in [0.25, 0.3) is 0 Å². The first-order valence-electron chi connectivity index (χ1n) is 6.65. The van der Waals surface area contributed by atoms with Crippen LogP contribution in [0.3, 0.4) is 0 Å². The van der Waals surface area contributed by atoms with E-state index in [9.17, 15) is 4.39 Å². The third-order valence-corrected chi connectivity index (χ3v) is 3.26. The van der Waals surface area contributed by atoms with Gasteiger partial charge < -0.3 is 5.32 Å². The van der Waals surface area contributed by atoms with Crippen LogP contribution in [0.2, 0.25) is 0 Å². The maximum absolute atomic E-state index is 13.9. The molecule has 0 spiro atoms. The molecule has 0 amide bonds. The average Bonchev–Trinajstić information content (AvgIpc) is 2.38. The van der Waals surface area contributed by atoms with Gasteiger partial charge in [-0.3, -0.25) is 0 Å². The standard InChI is InChI=1S/C17H20FN/c1-12(2)17(14-7-5-4-6-8-14)19-16-10-9-13(3)11-15(16)18/h4-12,17,19H,1-3H3. The summed E-state index contributed by atoms with van der Waals surface area (Å²) < 4.78 is 13.9. The van der Waals surface area contributed by atoms with Crippen LogP contribution in [0.5, 0.6) is 0 Å². The Bertz CT molecular complexity index is 534. The van der Waals surface area contributed by atoms with Crippen LogP contribution in [0.15, 0.2) is 48.5 Å². The molecule has 2 rings (SSSR count). The zero-order valence-electron chi connectivity index (χ0n) is 11.7. The van der Waals surface area contributed by atoms with Crippen molar-refractivity contribution >= 4 is 5.69 Å². The fourth-order valence-corrected chi connectivity index (χ4v) is 2.20. The number of aryl methyl sites for hydroxylation is 1. The zero-order valence-corrected chi connectivity index (χ0v) is 11.7. The third-order valence-electron chi connectivity index (χ3n) is 3.26. The van der Waals surface area contributed by atoms with Gasteiger partial charge in [0.05, 0.1) is 11.7 Å². The second-order valence-corrected chi connectivity index (χ2v) is 5.26.